The molecule has 9 heteroatoms. The molecule has 1 aromatic carbocycles. The normalized spacial score (nSPS) is 16.9. The number of urea groups is 1. The van der Waals surface area contributed by atoms with Crippen molar-refractivity contribution in [2.75, 3.05) is 25.5 Å². The highest BCUT2D eigenvalue weighted by molar-refractivity contribution is 6.06. The van der Waals surface area contributed by atoms with Crippen LogP contribution in [0.1, 0.15) is 25.1 Å². The molecule has 0 unspecified atom stereocenters. The Morgan fingerprint density at radius 2 is 1.89 bits per heavy atom. The van der Waals surface area contributed by atoms with Crippen LogP contribution in [0.4, 0.5) is 10.5 Å². The summed E-state index contributed by atoms with van der Waals surface area (Å²) in [6.07, 6.45) is 4.41. The number of hydrogen-bond acceptors (Lipinski definition) is 5. The molecule has 0 bridgehead atoms. The van der Waals surface area contributed by atoms with Gasteiger partial charge in [-0.2, -0.15) is 0 Å². The fourth-order valence-electron chi connectivity index (χ4n) is 3.57. The smallest absolute Gasteiger partial charge is 0.325 e. The zero-order valence-electron chi connectivity index (χ0n) is 15.7. The van der Waals surface area contributed by atoms with Gasteiger partial charge in [0, 0.05) is 31.3 Å². The lowest BCUT2D eigenvalue weighted by atomic mass is 10.2. The molecule has 0 saturated carbocycles. The summed E-state index contributed by atoms with van der Waals surface area (Å²) in [7, 11) is 1.53. The van der Waals surface area contributed by atoms with E-state index in [1.807, 2.05) is 12.1 Å². The number of likely N-dealkylation sites (N-methyl/N-ethyl adjacent to an activating group) is 1. The Balaban J connectivity index is 1.43. The molecule has 4 rings (SSSR count). The summed E-state index contributed by atoms with van der Waals surface area (Å²) in [6, 6.07) is 6.88. The average molecular weight is 382 g/mol. The van der Waals surface area contributed by atoms with Gasteiger partial charge in [0.1, 0.15) is 18.9 Å². The fourth-order valence-corrected chi connectivity index (χ4v) is 3.57. The summed E-state index contributed by atoms with van der Waals surface area (Å²) in [6.45, 7) is 0.632. The molecule has 28 heavy (non-hydrogen) atoms. The first-order chi connectivity index (χ1) is 13.5. The Hall–Kier alpha value is -3.23. The molecule has 1 aromatic heterocycles. The van der Waals surface area contributed by atoms with E-state index in [9.17, 15) is 14.4 Å². The largest absolute Gasteiger partial charge is 0.327 e. The molecule has 0 radical (unpaired) electrons. The quantitative estimate of drug-likeness (QED) is 0.808. The highest BCUT2D eigenvalue weighted by Gasteiger charge is 2.34. The first kappa shape index (κ1) is 18.1. The molecule has 9 nitrogen and oxygen atoms in total. The predicted octanol–water partition coefficient (Wildman–Crippen LogP) is 1.50. The van der Waals surface area contributed by atoms with Crippen LogP contribution in [-0.4, -0.2) is 62.5 Å². The Labute approximate surface area is 162 Å². The molecule has 2 aliphatic heterocycles. The van der Waals surface area contributed by atoms with Gasteiger partial charge in [-0.15, -0.1) is 10.2 Å². The van der Waals surface area contributed by atoms with Crippen molar-refractivity contribution < 1.29 is 14.4 Å². The van der Waals surface area contributed by atoms with Gasteiger partial charge in [0.25, 0.3) is 5.91 Å². The van der Waals surface area contributed by atoms with Gasteiger partial charge in [-0.1, -0.05) is 6.42 Å². The van der Waals surface area contributed by atoms with Crippen molar-refractivity contribution in [1.29, 1.82) is 0 Å². The SMILES string of the molecule is CN1CC(=O)N(CC(=O)Nc2ccc(-c3nnc4n3CCCCC4)cc2)C1=O. The second-order valence-electron chi connectivity index (χ2n) is 7.15. The Bertz CT molecular complexity index is 920. The second kappa shape index (κ2) is 7.41. The topological polar surface area (TPSA) is 100 Å². The van der Waals surface area contributed by atoms with Crippen LogP contribution in [0.3, 0.4) is 0 Å². The summed E-state index contributed by atoms with van der Waals surface area (Å²) in [5.41, 5.74) is 1.53. The maximum atomic E-state index is 12.2. The summed E-state index contributed by atoms with van der Waals surface area (Å²) < 4.78 is 2.17. The Morgan fingerprint density at radius 1 is 1.11 bits per heavy atom. The van der Waals surface area contributed by atoms with Crippen molar-refractivity contribution in [1.82, 2.24) is 24.6 Å². The standard InChI is InChI=1S/C19H22N6O3/c1-23-12-17(27)25(19(23)28)11-16(26)20-14-8-6-13(7-9-14)18-22-21-15-5-3-2-4-10-24(15)18/h6-9H,2-5,10-12H2,1H3,(H,20,26). The van der Waals surface area contributed by atoms with Crippen LogP contribution in [0, 0.1) is 0 Å². The minimum atomic E-state index is -0.456. The third kappa shape index (κ3) is 3.47. The number of nitrogens with zero attached hydrogens (tertiary/aromatic N) is 5. The van der Waals surface area contributed by atoms with Crippen molar-refractivity contribution in [3.05, 3.63) is 30.1 Å². The molecular weight excluding hydrogens is 360 g/mol. The van der Waals surface area contributed by atoms with Crippen LogP contribution >= 0.6 is 0 Å². The van der Waals surface area contributed by atoms with E-state index in [1.165, 1.54) is 18.4 Å². The van der Waals surface area contributed by atoms with Crippen molar-refractivity contribution in [2.24, 2.45) is 0 Å². The molecule has 1 saturated heterocycles. The molecular formula is C19H22N6O3. The van der Waals surface area contributed by atoms with Gasteiger partial charge in [-0.25, -0.2) is 4.79 Å². The summed E-state index contributed by atoms with van der Waals surface area (Å²) in [5, 5.41) is 11.4. The highest BCUT2D eigenvalue weighted by atomic mass is 16.2. The molecule has 3 heterocycles. The van der Waals surface area contributed by atoms with Crippen LogP contribution in [0.15, 0.2) is 24.3 Å². The first-order valence-corrected chi connectivity index (χ1v) is 9.41. The summed E-state index contributed by atoms with van der Waals surface area (Å²) in [5.74, 6) is 1.08. The zero-order chi connectivity index (χ0) is 19.7. The molecule has 0 aliphatic carbocycles. The highest BCUT2D eigenvalue weighted by Crippen LogP contribution is 2.24. The first-order valence-electron chi connectivity index (χ1n) is 9.41. The molecule has 1 N–H and O–H groups in total. The van der Waals surface area contributed by atoms with E-state index in [0.29, 0.717) is 5.69 Å². The van der Waals surface area contributed by atoms with Gasteiger partial charge in [-0.05, 0) is 37.1 Å². The minimum absolute atomic E-state index is 0.00345. The van der Waals surface area contributed by atoms with Gasteiger partial charge in [0.2, 0.25) is 5.91 Å². The van der Waals surface area contributed by atoms with E-state index in [-0.39, 0.29) is 19.0 Å². The number of benzene rings is 1. The lowest BCUT2D eigenvalue weighted by Gasteiger charge is -2.14. The number of anilines is 1. The number of imide groups is 1. The van der Waals surface area contributed by atoms with Crippen LogP contribution in [0.5, 0.6) is 0 Å². The third-order valence-corrected chi connectivity index (χ3v) is 5.07. The number of fused-ring (bicyclic) bond motifs is 1. The lowest BCUT2D eigenvalue weighted by molar-refractivity contribution is -0.129. The van der Waals surface area contributed by atoms with E-state index in [4.69, 9.17) is 0 Å². The van der Waals surface area contributed by atoms with Gasteiger partial charge in [0.15, 0.2) is 5.82 Å². The number of rotatable bonds is 4. The monoisotopic (exact) mass is 382 g/mol. The Morgan fingerprint density at radius 3 is 2.61 bits per heavy atom. The van der Waals surface area contributed by atoms with Gasteiger partial charge < -0.3 is 14.8 Å². The molecule has 0 spiro atoms. The van der Waals surface area contributed by atoms with Crippen molar-refractivity contribution in [3.8, 4) is 11.4 Å². The van der Waals surface area contributed by atoms with Gasteiger partial charge in [-0.3, -0.25) is 14.5 Å². The maximum Gasteiger partial charge on any atom is 0.327 e. The third-order valence-electron chi connectivity index (χ3n) is 5.07. The molecule has 1 fully saturated rings. The van der Waals surface area contributed by atoms with Gasteiger partial charge in [0.05, 0.1) is 0 Å². The van der Waals surface area contributed by atoms with Crippen LogP contribution in [-0.2, 0) is 22.6 Å². The number of aromatic nitrogens is 3. The van der Waals surface area contributed by atoms with Crippen LogP contribution in [0.25, 0.3) is 11.4 Å². The number of aryl methyl sites for hydroxylation is 1. The van der Waals surface area contributed by atoms with Crippen LogP contribution < -0.4 is 5.32 Å². The van der Waals surface area contributed by atoms with Crippen molar-refractivity contribution >= 4 is 23.5 Å². The molecule has 4 amide bonds. The number of amides is 4. The molecule has 146 valence electrons. The molecule has 0 atom stereocenters. The van der Waals surface area contributed by atoms with E-state index in [0.717, 1.165) is 47.9 Å². The van der Waals surface area contributed by atoms with Crippen molar-refractivity contribution in [3.63, 3.8) is 0 Å². The van der Waals surface area contributed by atoms with E-state index < -0.39 is 11.9 Å². The van der Waals surface area contributed by atoms with Crippen LogP contribution in [0.2, 0.25) is 0 Å². The summed E-state index contributed by atoms with van der Waals surface area (Å²) in [4.78, 5) is 38.1. The minimum Gasteiger partial charge on any atom is -0.325 e. The number of carbonyl (C=O) groups excluding carboxylic acids is 3. The molecule has 2 aliphatic rings. The van der Waals surface area contributed by atoms with E-state index in [2.05, 4.69) is 20.1 Å². The number of nitrogens with one attached hydrogen (secondary N) is 1. The second-order valence-corrected chi connectivity index (χ2v) is 7.15. The number of hydrogen-bond donors (Lipinski definition) is 1. The maximum absolute atomic E-state index is 12.2. The fraction of sp³-hybridized carbons (Fsp3) is 0.421. The summed E-state index contributed by atoms with van der Waals surface area (Å²) >= 11 is 0. The number of carbonyl (C=O) groups is 3. The molecule has 2 aromatic rings. The predicted molar refractivity (Wildman–Crippen MR) is 101 cm³/mol. The van der Waals surface area contributed by atoms with Gasteiger partial charge >= 0.3 is 6.03 Å². The van der Waals surface area contributed by atoms with Crippen molar-refractivity contribution in [2.45, 2.75) is 32.2 Å². The Kier molecular flexibility index (Phi) is 4.81. The lowest BCUT2D eigenvalue weighted by Crippen LogP contribution is -2.38. The zero-order valence-corrected chi connectivity index (χ0v) is 15.7. The average Bonchev–Trinajstić information content (AvgIpc) is 3.07. The van der Waals surface area contributed by atoms with E-state index >= 15 is 0 Å². The van der Waals surface area contributed by atoms with E-state index in [1.54, 1.807) is 12.1 Å².